The van der Waals surface area contributed by atoms with Crippen LogP contribution in [0.1, 0.15) is 64.2 Å². The van der Waals surface area contributed by atoms with Gasteiger partial charge in [-0.3, -0.25) is 19.3 Å². The van der Waals surface area contributed by atoms with Gasteiger partial charge >= 0.3 is 0 Å². The van der Waals surface area contributed by atoms with Crippen molar-refractivity contribution in [3.8, 4) is 6.07 Å². The van der Waals surface area contributed by atoms with Crippen LogP contribution in [0.3, 0.4) is 0 Å². The molecule has 0 aromatic rings. The van der Waals surface area contributed by atoms with E-state index in [0.717, 1.165) is 51.5 Å². The molecule has 2 amide bonds. The number of hydrogen-bond donors (Lipinski definition) is 1. The second-order valence-electron chi connectivity index (χ2n) is 9.48. The van der Waals surface area contributed by atoms with Gasteiger partial charge in [0.2, 0.25) is 11.8 Å². The van der Waals surface area contributed by atoms with E-state index >= 15 is 0 Å². The molecule has 0 radical (unpaired) electrons. The van der Waals surface area contributed by atoms with Gasteiger partial charge in [-0.15, -0.1) is 0 Å². The van der Waals surface area contributed by atoms with Crippen LogP contribution in [0.4, 0.5) is 0 Å². The second kappa shape index (κ2) is 8.06. The number of amides is 2. The van der Waals surface area contributed by atoms with Crippen molar-refractivity contribution in [2.45, 2.75) is 81.8 Å². The molecule has 2 saturated heterocycles. The lowest BCUT2D eigenvalue weighted by Gasteiger charge is -2.33. The van der Waals surface area contributed by atoms with Gasteiger partial charge < -0.3 is 10.2 Å². The van der Waals surface area contributed by atoms with Gasteiger partial charge in [-0.2, -0.15) is 5.26 Å². The molecule has 4 rings (SSSR count). The minimum atomic E-state index is -0.669. The van der Waals surface area contributed by atoms with Gasteiger partial charge in [0, 0.05) is 18.9 Å². The Morgan fingerprint density at radius 3 is 2.59 bits per heavy atom. The highest BCUT2D eigenvalue weighted by Crippen LogP contribution is 2.41. The third kappa shape index (κ3) is 3.92. The van der Waals surface area contributed by atoms with Gasteiger partial charge in [0.1, 0.15) is 23.4 Å². The van der Waals surface area contributed by atoms with E-state index in [2.05, 4.69) is 16.3 Å². The highest BCUT2D eigenvalue weighted by Gasteiger charge is 2.54. The molecule has 158 valence electrons. The van der Waals surface area contributed by atoms with Crippen molar-refractivity contribution in [1.82, 2.24) is 15.1 Å². The van der Waals surface area contributed by atoms with Crippen LogP contribution in [0.5, 0.6) is 0 Å². The lowest BCUT2D eigenvalue weighted by molar-refractivity contribution is -0.143. The van der Waals surface area contributed by atoms with Crippen LogP contribution in [0, 0.1) is 23.2 Å². The fourth-order valence-electron chi connectivity index (χ4n) is 5.56. The highest BCUT2D eigenvalue weighted by molar-refractivity contribution is 5.94. The summed E-state index contributed by atoms with van der Waals surface area (Å²) in [5.74, 6) is 0.437. The first-order valence-electron chi connectivity index (χ1n) is 11.2. The lowest BCUT2D eigenvalue weighted by Crippen LogP contribution is -2.55. The normalized spacial score (nSPS) is 32.0. The van der Waals surface area contributed by atoms with E-state index in [0.29, 0.717) is 31.7 Å². The topological polar surface area (TPSA) is 93.5 Å². The summed E-state index contributed by atoms with van der Waals surface area (Å²) >= 11 is 0. The predicted octanol–water partition coefficient (Wildman–Crippen LogP) is 1.62. The van der Waals surface area contributed by atoms with Crippen LogP contribution >= 0.6 is 0 Å². The summed E-state index contributed by atoms with van der Waals surface area (Å²) in [4.78, 5) is 42.4. The van der Waals surface area contributed by atoms with Gasteiger partial charge in [-0.05, 0) is 64.5 Å². The van der Waals surface area contributed by atoms with Crippen molar-refractivity contribution >= 4 is 17.6 Å². The number of carbonyl (C=O) groups excluding carboxylic acids is 3. The van der Waals surface area contributed by atoms with Crippen LogP contribution < -0.4 is 5.32 Å². The molecule has 2 saturated carbocycles. The molecule has 1 N–H and O–H groups in total. The molecule has 0 bridgehead atoms. The zero-order valence-electron chi connectivity index (χ0n) is 17.4. The van der Waals surface area contributed by atoms with Crippen LogP contribution in [-0.4, -0.2) is 65.2 Å². The number of carbonyl (C=O) groups is 3. The molecule has 2 aliphatic heterocycles. The van der Waals surface area contributed by atoms with E-state index in [1.165, 1.54) is 0 Å². The Kier molecular flexibility index (Phi) is 5.65. The van der Waals surface area contributed by atoms with Gasteiger partial charge in [0.25, 0.3) is 0 Å². The van der Waals surface area contributed by atoms with E-state index in [4.69, 9.17) is 0 Å². The smallest absolute Gasteiger partial charge is 0.243 e. The summed E-state index contributed by atoms with van der Waals surface area (Å²) in [6.07, 6.45) is 8.19. The largest absolute Gasteiger partial charge is 0.339 e. The van der Waals surface area contributed by atoms with Crippen LogP contribution in [-0.2, 0) is 14.4 Å². The molecule has 7 heteroatoms. The molecule has 2 aliphatic carbocycles. The number of nitrogens with one attached hydrogen (secondary N) is 1. The minimum Gasteiger partial charge on any atom is -0.339 e. The molecule has 4 aliphatic rings. The van der Waals surface area contributed by atoms with Crippen molar-refractivity contribution in [3.63, 3.8) is 0 Å². The van der Waals surface area contributed by atoms with Crippen molar-refractivity contribution in [2.24, 2.45) is 11.8 Å². The van der Waals surface area contributed by atoms with Crippen molar-refractivity contribution in [1.29, 1.82) is 5.26 Å². The fourth-order valence-corrected chi connectivity index (χ4v) is 5.56. The fraction of sp³-hybridized carbons (Fsp3) is 0.818. The average Bonchev–Trinajstić information content (AvgIpc) is 3.19. The molecule has 1 spiro atoms. The zero-order valence-corrected chi connectivity index (χ0v) is 17.4. The summed E-state index contributed by atoms with van der Waals surface area (Å²) in [7, 11) is 2.01. The summed E-state index contributed by atoms with van der Waals surface area (Å²) in [6.45, 7) is 1.53. The van der Waals surface area contributed by atoms with Gasteiger partial charge in [-0.1, -0.05) is 12.8 Å². The molecular weight excluding hydrogens is 368 g/mol. The molecule has 7 nitrogen and oxygen atoms in total. The molecule has 0 aromatic heterocycles. The molecule has 4 fully saturated rings. The number of ketones is 1. The summed E-state index contributed by atoms with van der Waals surface area (Å²) in [6, 6.07) is 0.995. The van der Waals surface area contributed by atoms with Gasteiger partial charge in [0.05, 0.1) is 6.07 Å². The van der Waals surface area contributed by atoms with Gasteiger partial charge in [-0.25, -0.2) is 0 Å². The highest BCUT2D eigenvalue weighted by atomic mass is 16.2. The monoisotopic (exact) mass is 400 g/mol. The Morgan fingerprint density at radius 2 is 2.00 bits per heavy atom. The molecule has 4 atom stereocenters. The molecule has 2 heterocycles. The maximum atomic E-state index is 13.4. The predicted molar refractivity (Wildman–Crippen MR) is 107 cm³/mol. The van der Waals surface area contributed by atoms with Crippen molar-refractivity contribution < 1.29 is 14.4 Å². The number of nitriles is 1. The van der Waals surface area contributed by atoms with Crippen molar-refractivity contribution in [3.05, 3.63) is 0 Å². The number of nitrogens with zero attached hydrogens (tertiary/aromatic N) is 3. The molecule has 29 heavy (non-hydrogen) atoms. The van der Waals surface area contributed by atoms with Gasteiger partial charge in [0.15, 0.2) is 0 Å². The van der Waals surface area contributed by atoms with Crippen LogP contribution in [0.2, 0.25) is 0 Å². The first-order chi connectivity index (χ1) is 13.9. The van der Waals surface area contributed by atoms with Crippen LogP contribution in [0.25, 0.3) is 0 Å². The Labute approximate surface area is 172 Å². The first kappa shape index (κ1) is 20.3. The third-order valence-corrected chi connectivity index (χ3v) is 7.60. The number of Topliss-reactive ketones (excluding diaryl/α,β-unsaturated/α-hetero) is 1. The summed E-state index contributed by atoms with van der Waals surface area (Å²) in [5.41, 5.74) is -0.438. The Hall–Kier alpha value is -1.94. The number of hydrogen-bond acceptors (Lipinski definition) is 5. The standard InChI is InChI=1S/C22H32N4O3/c1-25-10-3-8-22(25)9-11-26(21(22)29)18(12-15-6-7-15)20(28)24-17(14-23)13-16-4-2-5-19(16)27/h15-18H,2-13H2,1H3,(H,24,28)/t16-,17-,18-,22-/m0/s1. The van der Waals surface area contributed by atoms with Crippen molar-refractivity contribution in [2.75, 3.05) is 20.1 Å². The third-order valence-electron chi connectivity index (χ3n) is 7.60. The first-order valence-corrected chi connectivity index (χ1v) is 11.2. The second-order valence-corrected chi connectivity index (χ2v) is 9.48. The summed E-state index contributed by atoms with van der Waals surface area (Å²) in [5, 5.41) is 12.4. The molecular formula is C22H32N4O3. The Balaban J connectivity index is 1.45. The SMILES string of the molecule is CN1CCC[C@@]12CCN([C@@H](CC1CC1)C(=O)N[C@H](C#N)C[C@@H]1CCCC1=O)C2=O. The molecule has 0 aromatic carbocycles. The van der Waals surface area contributed by atoms with Crippen LogP contribution in [0.15, 0.2) is 0 Å². The number of likely N-dealkylation sites (tertiary alicyclic amines) is 2. The molecule has 0 unspecified atom stereocenters. The minimum absolute atomic E-state index is 0.0813. The zero-order chi connectivity index (χ0) is 20.6. The Bertz CT molecular complexity index is 728. The number of rotatable bonds is 7. The van der Waals surface area contributed by atoms with E-state index in [9.17, 15) is 19.6 Å². The van der Waals surface area contributed by atoms with E-state index in [-0.39, 0.29) is 23.5 Å². The maximum absolute atomic E-state index is 13.4. The lowest BCUT2D eigenvalue weighted by atomic mass is 9.94. The van der Waals surface area contributed by atoms with E-state index in [1.54, 1.807) is 4.90 Å². The number of likely N-dealkylation sites (N-methyl/N-ethyl adjacent to an activating group) is 1. The average molecular weight is 401 g/mol. The quantitative estimate of drug-likeness (QED) is 0.701. The summed E-state index contributed by atoms with van der Waals surface area (Å²) < 4.78 is 0. The van der Waals surface area contributed by atoms with E-state index in [1.807, 2.05) is 7.05 Å². The maximum Gasteiger partial charge on any atom is 0.243 e. The Morgan fingerprint density at radius 1 is 1.21 bits per heavy atom. The van der Waals surface area contributed by atoms with E-state index < -0.39 is 17.6 Å².